The Morgan fingerprint density at radius 3 is 3.09 bits per heavy atom. The van der Waals surface area contributed by atoms with Gasteiger partial charge in [-0.3, -0.25) is 0 Å². The van der Waals surface area contributed by atoms with Gasteiger partial charge in [-0.1, -0.05) is 6.08 Å². The van der Waals surface area contributed by atoms with Crippen molar-refractivity contribution in [1.82, 2.24) is 4.72 Å². The van der Waals surface area contributed by atoms with Crippen LogP contribution in [0.4, 0.5) is 0 Å². The number of rotatable bonds is 0. The summed E-state index contributed by atoms with van der Waals surface area (Å²) in [6, 6.07) is 0. The molecule has 0 aromatic carbocycles. The van der Waals surface area contributed by atoms with E-state index < -0.39 is 10.0 Å². The van der Waals surface area contributed by atoms with Crippen molar-refractivity contribution >= 4 is 10.0 Å². The second-order valence-electron chi connectivity index (χ2n) is 3.09. The summed E-state index contributed by atoms with van der Waals surface area (Å²) in [5.74, 6) is 0.272. The molecule has 0 spiro atoms. The molecule has 1 saturated heterocycles. The topological polar surface area (TPSA) is 46.2 Å². The van der Waals surface area contributed by atoms with Gasteiger partial charge in [0, 0.05) is 12.5 Å². The van der Waals surface area contributed by atoms with Crippen LogP contribution in [-0.4, -0.2) is 15.0 Å². The fourth-order valence-corrected chi connectivity index (χ4v) is 3.31. The second-order valence-corrected chi connectivity index (χ2v) is 4.85. The molecule has 1 heterocycles. The van der Waals surface area contributed by atoms with Crippen molar-refractivity contribution in [2.24, 2.45) is 5.92 Å². The molecule has 1 N–H and O–H groups in total. The Kier molecular flexibility index (Phi) is 1.54. The van der Waals surface area contributed by atoms with Gasteiger partial charge in [0.1, 0.15) is 0 Å². The normalized spacial score (nSPS) is 34.5. The maximum atomic E-state index is 11.2. The smallest absolute Gasteiger partial charge is 0.211 e. The summed E-state index contributed by atoms with van der Waals surface area (Å²) in [4.78, 5) is 0.642. The molecule has 1 atom stereocenters. The van der Waals surface area contributed by atoms with Crippen LogP contribution in [0.15, 0.2) is 11.0 Å². The molecular weight excluding hydrogens is 162 g/mol. The molecule has 4 heteroatoms. The average Bonchev–Trinajstić information content (AvgIpc) is 2.29. The summed E-state index contributed by atoms with van der Waals surface area (Å²) in [5, 5.41) is 0. The van der Waals surface area contributed by atoms with E-state index in [0.29, 0.717) is 11.4 Å². The van der Waals surface area contributed by atoms with Crippen LogP contribution in [-0.2, 0) is 10.0 Å². The highest BCUT2D eigenvalue weighted by Crippen LogP contribution is 2.31. The third-order valence-corrected chi connectivity index (χ3v) is 4.00. The Morgan fingerprint density at radius 1 is 1.55 bits per heavy atom. The Labute approximate surface area is 66.5 Å². The summed E-state index contributed by atoms with van der Waals surface area (Å²) in [5.41, 5.74) is 0. The van der Waals surface area contributed by atoms with E-state index in [4.69, 9.17) is 0 Å². The van der Waals surface area contributed by atoms with Gasteiger partial charge in [-0.15, -0.1) is 0 Å². The van der Waals surface area contributed by atoms with Gasteiger partial charge in [-0.25, -0.2) is 13.1 Å². The quantitative estimate of drug-likeness (QED) is 0.583. The maximum absolute atomic E-state index is 11.2. The van der Waals surface area contributed by atoms with E-state index in [1.165, 1.54) is 0 Å². The van der Waals surface area contributed by atoms with Crippen molar-refractivity contribution in [1.29, 1.82) is 0 Å². The molecule has 2 aliphatic rings. The zero-order chi connectivity index (χ0) is 7.90. The van der Waals surface area contributed by atoms with Gasteiger partial charge < -0.3 is 0 Å². The first-order valence-electron chi connectivity index (χ1n) is 3.90. The van der Waals surface area contributed by atoms with Crippen LogP contribution >= 0.6 is 0 Å². The van der Waals surface area contributed by atoms with Crippen LogP contribution in [0.1, 0.15) is 19.3 Å². The molecule has 0 amide bonds. The van der Waals surface area contributed by atoms with E-state index in [1.807, 2.05) is 6.08 Å². The minimum atomic E-state index is -3.04. The van der Waals surface area contributed by atoms with Gasteiger partial charge in [0.15, 0.2) is 0 Å². The van der Waals surface area contributed by atoms with Crippen molar-refractivity contribution in [3.05, 3.63) is 11.0 Å². The van der Waals surface area contributed by atoms with Crippen LogP contribution < -0.4 is 4.72 Å². The fraction of sp³-hybridized carbons (Fsp3) is 0.714. The number of nitrogens with one attached hydrogen (secondary N) is 1. The number of hydrogen-bond acceptors (Lipinski definition) is 2. The maximum Gasteiger partial charge on any atom is 0.236 e. The monoisotopic (exact) mass is 173 g/mol. The third-order valence-electron chi connectivity index (χ3n) is 2.33. The molecule has 0 aromatic heterocycles. The Hall–Kier alpha value is -0.350. The molecule has 1 fully saturated rings. The summed E-state index contributed by atoms with van der Waals surface area (Å²) >= 11 is 0. The zero-order valence-electron chi connectivity index (χ0n) is 6.21. The minimum absolute atomic E-state index is 0.272. The molecule has 1 unspecified atom stereocenters. The van der Waals surface area contributed by atoms with Gasteiger partial charge in [0.05, 0.1) is 4.91 Å². The first-order valence-corrected chi connectivity index (χ1v) is 5.38. The van der Waals surface area contributed by atoms with Crippen LogP contribution in [0.2, 0.25) is 0 Å². The van der Waals surface area contributed by atoms with Gasteiger partial charge in [0.25, 0.3) is 0 Å². The van der Waals surface area contributed by atoms with Gasteiger partial charge in [-0.2, -0.15) is 0 Å². The molecule has 1 aliphatic heterocycles. The molecule has 62 valence electrons. The lowest BCUT2D eigenvalue weighted by Gasteiger charge is -2.13. The van der Waals surface area contributed by atoms with Crippen molar-refractivity contribution in [3.8, 4) is 0 Å². The number of hydrogen-bond donors (Lipinski definition) is 1. The van der Waals surface area contributed by atoms with E-state index in [9.17, 15) is 8.42 Å². The predicted octanol–water partition coefficient (Wildman–Crippen LogP) is 0.603. The predicted molar refractivity (Wildman–Crippen MR) is 42.3 cm³/mol. The first kappa shape index (κ1) is 7.31. The molecular formula is C7H11NO2S. The van der Waals surface area contributed by atoms with E-state index in [0.717, 1.165) is 19.3 Å². The summed E-state index contributed by atoms with van der Waals surface area (Å²) in [6.45, 7) is 0.619. The highest BCUT2D eigenvalue weighted by Gasteiger charge is 2.34. The molecule has 0 saturated carbocycles. The second kappa shape index (κ2) is 2.32. The fourth-order valence-electron chi connectivity index (χ4n) is 1.74. The lowest BCUT2D eigenvalue weighted by atomic mass is 9.96. The summed E-state index contributed by atoms with van der Waals surface area (Å²) in [7, 11) is -3.04. The molecule has 0 radical (unpaired) electrons. The van der Waals surface area contributed by atoms with Gasteiger partial charge >= 0.3 is 0 Å². The van der Waals surface area contributed by atoms with Crippen molar-refractivity contribution < 1.29 is 8.42 Å². The summed E-state index contributed by atoms with van der Waals surface area (Å²) in [6.07, 6.45) is 4.94. The van der Waals surface area contributed by atoms with E-state index >= 15 is 0 Å². The Morgan fingerprint density at radius 2 is 2.36 bits per heavy atom. The largest absolute Gasteiger partial charge is 0.236 e. The average molecular weight is 173 g/mol. The highest BCUT2D eigenvalue weighted by molar-refractivity contribution is 7.93. The molecule has 0 bridgehead atoms. The van der Waals surface area contributed by atoms with E-state index in [2.05, 4.69) is 4.72 Å². The molecule has 0 aromatic rings. The lowest BCUT2D eigenvalue weighted by Crippen LogP contribution is -2.14. The van der Waals surface area contributed by atoms with Gasteiger partial charge in [-0.05, 0) is 19.3 Å². The first-order chi connectivity index (χ1) is 5.20. The van der Waals surface area contributed by atoms with Crippen LogP contribution in [0, 0.1) is 5.92 Å². The number of allylic oxidation sites excluding steroid dienone is 1. The standard InChI is InChI=1S/C7H11NO2S/c9-11(10)7-4-2-1-3-6(7)5-8-11/h4,6,8H,1-3,5H2. The minimum Gasteiger partial charge on any atom is -0.211 e. The Bertz CT molecular complexity index is 292. The SMILES string of the molecule is O=S1(=O)NCC2CCCC=C21. The van der Waals surface area contributed by atoms with Crippen molar-refractivity contribution in [2.75, 3.05) is 6.54 Å². The van der Waals surface area contributed by atoms with Crippen LogP contribution in [0.5, 0.6) is 0 Å². The van der Waals surface area contributed by atoms with Crippen LogP contribution in [0.25, 0.3) is 0 Å². The molecule has 1 aliphatic carbocycles. The zero-order valence-corrected chi connectivity index (χ0v) is 7.02. The molecule has 11 heavy (non-hydrogen) atoms. The molecule has 2 rings (SSSR count). The Balaban J connectivity index is 2.42. The lowest BCUT2D eigenvalue weighted by molar-refractivity contribution is 0.546. The van der Waals surface area contributed by atoms with E-state index in [1.54, 1.807) is 0 Å². The number of sulfonamides is 1. The summed E-state index contributed by atoms with van der Waals surface area (Å²) < 4.78 is 25.0. The van der Waals surface area contributed by atoms with E-state index in [-0.39, 0.29) is 5.92 Å². The molecule has 3 nitrogen and oxygen atoms in total. The van der Waals surface area contributed by atoms with Crippen molar-refractivity contribution in [2.45, 2.75) is 19.3 Å². The van der Waals surface area contributed by atoms with Gasteiger partial charge in [0.2, 0.25) is 10.0 Å². The third kappa shape index (κ3) is 1.10. The number of fused-ring (bicyclic) bond motifs is 1. The van der Waals surface area contributed by atoms with Crippen LogP contribution in [0.3, 0.4) is 0 Å². The highest BCUT2D eigenvalue weighted by atomic mass is 32.2. The van der Waals surface area contributed by atoms with Crippen molar-refractivity contribution in [3.63, 3.8) is 0 Å².